The number of nitrogens with zero attached hydrogens (tertiary/aromatic N) is 2. The predicted molar refractivity (Wildman–Crippen MR) is 100 cm³/mol. The Hall–Kier alpha value is -1.96. The van der Waals surface area contributed by atoms with Crippen molar-refractivity contribution in [1.29, 1.82) is 0 Å². The van der Waals surface area contributed by atoms with Crippen LogP contribution >= 0.6 is 15.9 Å². The zero-order chi connectivity index (χ0) is 18.7. The van der Waals surface area contributed by atoms with Gasteiger partial charge >= 0.3 is 5.97 Å². The number of carbonyl (C=O) groups excluding carboxylic acids is 2. The van der Waals surface area contributed by atoms with Gasteiger partial charge < -0.3 is 15.0 Å². The number of rotatable bonds is 6. The van der Waals surface area contributed by atoms with Crippen molar-refractivity contribution in [2.24, 2.45) is 5.92 Å². The molecule has 1 aliphatic carbocycles. The molecule has 0 aromatic carbocycles. The topological polar surface area (TPSA) is 97.0 Å². The Labute approximate surface area is 160 Å². The summed E-state index contributed by atoms with van der Waals surface area (Å²) in [6.45, 7) is 3.58. The van der Waals surface area contributed by atoms with Crippen molar-refractivity contribution in [1.82, 2.24) is 20.3 Å². The summed E-state index contributed by atoms with van der Waals surface area (Å²) in [6.07, 6.45) is 5.37. The molecule has 8 heteroatoms. The van der Waals surface area contributed by atoms with E-state index in [1.165, 1.54) is 0 Å². The summed E-state index contributed by atoms with van der Waals surface area (Å²) in [6, 6.07) is 1.62. The van der Waals surface area contributed by atoms with Gasteiger partial charge in [0.2, 0.25) is 5.91 Å². The molecule has 26 heavy (non-hydrogen) atoms. The monoisotopic (exact) mass is 422 g/mol. The maximum atomic E-state index is 12.2. The molecule has 3 rings (SSSR count). The van der Waals surface area contributed by atoms with E-state index >= 15 is 0 Å². The average molecular weight is 423 g/mol. The molecule has 1 amide bonds. The summed E-state index contributed by atoms with van der Waals surface area (Å²) in [5.41, 5.74) is 1.35. The summed E-state index contributed by atoms with van der Waals surface area (Å²) in [5, 5.41) is 2.92. The zero-order valence-corrected chi connectivity index (χ0v) is 16.5. The Morgan fingerprint density at radius 2 is 2.12 bits per heavy atom. The maximum absolute atomic E-state index is 12.2. The molecule has 140 valence electrons. The molecular formula is C18H23BrN4O3. The Bertz CT molecular complexity index is 801. The molecule has 2 heterocycles. The summed E-state index contributed by atoms with van der Waals surface area (Å²) in [5.74, 6) is 0.312. The van der Waals surface area contributed by atoms with Crippen molar-refractivity contribution in [3.05, 3.63) is 22.6 Å². The van der Waals surface area contributed by atoms with Crippen LogP contribution in [0.15, 0.2) is 16.7 Å². The number of ether oxygens (including phenoxy) is 1. The van der Waals surface area contributed by atoms with Crippen LogP contribution in [0, 0.1) is 5.92 Å². The molecule has 7 nitrogen and oxygen atoms in total. The Morgan fingerprint density at radius 3 is 2.85 bits per heavy atom. The first kappa shape index (κ1) is 18.8. The van der Waals surface area contributed by atoms with Crippen LogP contribution < -0.4 is 5.32 Å². The molecule has 2 atom stereocenters. The first-order valence-corrected chi connectivity index (χ1v) is 9.72. The fourth-order valence-corrected chi connectivity index (χ4v) is 3.57. The van der Waals surface area contributed by atoms with E-state index in [1.807, 2.05) is 13.0 Å². The molecule has 2 aromatic heterocycles. The summed E-state index contributed by atoms with van der Waals surface area (Å²) in [4.78, 5) is 36.0. The maximum Gasteiger partial charge on any atom is 0.308 e. The van der Waals surface area contributed by atoms with Crippen molar-refractivity contribution >= 4 is 39.0 Å². The van der Waals surface area contributed by atoms with Gasteiger partial charge in [-0.2, -0.15) is 0 Å². The molecule has 0 aliphatic heterocycles. The lowest BCUT2D eigenvalue weighted by molar-refractivity contribution is -0.149. The van der Waals surface area contributed by atoms with Gasteiger partial charge in [-0.25, -0.2) is 9.97 Å². The largest absolute Gasteiger partial charge is 0.454 e. The first-order valence-electron chi connectivity index (χ1n) is 8.93. The molecule has 1 aliphatic rings. The van der Waals surface area contributed by atoms with Crippen molar-refractivity contribution in [3.8, 4) is 0 Å². The number of nitrogens with one attached hydrogen (secondary N) is 2. The standard InChI is InChI=1S/C18H23BrN4O3/c1-10(21-18(25)12-5-3-4-6-12)7-15(24)26-11(2)16-22-14-8-13(19)9-20-17(14)23-16/h8-12H,3-7H2,1-2H3,(H,21,25)(H,20,22,23). The second kappa shape index (κ2) is 8.16. The highest BCUT2D eigenvalue weighted by Gasteiger charge is 2.25. The lowest BCUT2D eigenvalue weighted by Crippen LogP contribution is -2.38. The average Bonchev–Trinajstić information content (AvgIpc) is 3.23. The van der Waals surface area contributed by atoms with Crippen LogP contribution in [0.3, 0.4) is 0 Å². The predicted octanol–water partition coefficient (Wildman–Crippen LogP) is 3.41. The molecule has 2 N–H and O–H groups in total. The van der Waals surface area contributed by atoms with E-state index < -0.39 is 6.10 Å². The van der Waals surface area contributed by atoms with Gasteiger partial charge in [0.05, 0.1) is 11.9 Å². The van der Waals surface area contributed by atoms with Gasteiger partial charge in [0, 0.05) is 22.6 Å². The van der Waals surface area contributed by atoms with E-state index in [0.29, 0.717) is 11.5 Å². The lowest BCUT2D eigenvalue weighted by atomic mass is 10.1. The Kier molecular flexibility index (Phi) is 5.90. The molecule has 2 aromatic rings. The number of hydrogen-bond acceptors (Lipinski definition) is 5. The van der Waals surface area contributed by atoms with Crippen LogP contribution in [-0.4, -0.2) is 32.9 Å². The number of imidazole rings is 1. The number of pyridine rings is 1. The summed E-state index contributed by atoms with van der Waals surface area (Å²) in [7, 11) is 0. The van der Waals surface area contributed by atoms with Gasteiger partial charge in [0.1, 0.15) is 5.82 Å². The van der Waals surface area contributed by atoms with E-state index in [-0.39, 0.29) is 30.3 Å². The van der Waals surface area contributed by atoms with Crippen LogP contribution in [0.25, 0.3) is 11.2 Å². The zero-order valence-electron chi connectivity index (χ0n) is 14.9. The minimum absolute atomic E-state index is 0.0461. The lowest BCUT2D eigenvalue weighted by Gasteiger charge is -2.17. The number of hydrogen-bond donors (Lipinski definition) is 2. The second-order valence-corrected chi connectivity index (χ2v) is 7.79. The second-order valence-electron chi connectivity index (χ2n) is 6.87. The van der Waals surface area contributed by atoms with Crippen molar-refractivity contribution in [3.63, 3.8) is 0 Å². The number of aromatic nitrogens is 3. The van der Waals surface area contributed by atoms with E-state index in [2.05, 4.69) is 36.2 Å². The van der Waals surface area contributed by atoms with Crippen LogP contribution in [-0.2, 0) is 14.3 Å². The number of fused-ring (bicyclic) bond motifs is 1. The first-order chi connectivity index (χ1) is 12.4. The van der Waals surface area contributed by atoms with Crippen LogP contribution in [0.2, 0.25) is 0 Å². The fraction of sp³-hybridized carbons (Fsp3) is 0.556. The smallest absolute Gasteiger partial charge is 0.308 e. The number of amides is 1. The Morgan fingerprint density at radius 1 is 1.38 bits per heavy atom. The third-order valence-electron chi connectivity index (χ3n) is 4.60. The van der Waals surface area contributed by atoms with E-state index in [1.54, 1.807) is 13.1 Å². The molecule has 0 saturated heterocycles. The Balaban J connectivity index is 1.52. The van der Waals surface area contributed by atoms with E-state index in [0.717, 1.165) is 35.7 Å². The van der Waals surface area contributed by atoms with Crippen molar-refractivity contribution in [2.45, 2.75) is 58.1 Å². The molecule has 0 radical (unpaired) electrons. The molecule has 1 fully saturated rings. The van der Waals surface area contributed by atoms with Gasteiger partial charge in [-0.15, -0.1) is 0 Å². The van der Waals surface area contributed by atoms with Gasteiger partial charge in [0.15, 0.2) is 11.8 Å². The van der Waals surface area contributed by atoms with Crippen molar-refractivity contribution in [2.75, 3.05) is 0 Å². The third-order valence-corrected chi connectivity index (χ3v) is 5.04. The third kappa shape index (κ3) is 4.60. The molecule has 0 bridgehead atoms. The van der Waals surface area contributed by atoms with Gasteiger partial charge in [-0.1, -0.05) is 12.8 Å². The minimum atomic E-state index is -0.520. The molecule has 1 saturated carbocycles. The number of H-pyrrole nitrogens is 1. The molecule has 0 spiro atoms. The number of carbonyl (C=O) groups is 2. The van der Waals surface area contributed by atoms with Crippen LogP contribution in [0.1, 0.15) is 57.9 Å². The van der Waals surface area contributed by atoms with E-state index in [9.17, 15) is 9.59 Å². The van der Waals surface area contributed by atoms with Crippen LogP contribution in [0.4, 0.5) is 0 Å². The normalized spacial score (nSPS) is 17.2. The number of halogens is 1. The van der Waals surface area contributed by atoms with Gasteiger partial charge in [-0.05, 0) is 48.7 Å². The minimum Gasteiger partial charge on any atom is -0.454 e. The highest BCUT2D eigenvalue weighted by atomic mass is 79.9. The quantitative estimate of drug-likeness (QED) is 0.695. The van der Waals surface area contributed by atoms with Crippen molar-refractivity contribution < 1.29 is 14.3 Å². The van der Waals surface area contributed by atoms with Crippen LogP contribution in [0.5, 0.6) is 0 Å². The molecular weight excluding hydrogens is 400 g/mol. The van der Waals surface area contributed by atoms with E-state index in [4.69, 9.17) is 4.74 Å². The summed E-state index contributed by atoms with van der Waals surface area (Å²) >= 11 is 3.36. The number of esters is 1. The van der Waals surface area contributed by atoms with Gasteiger partial charge in [0.25, 0.3) is 0 Å². The fourth-order valence-electron chi connectivity index (χ4n) is 3.24. The SMILES string of the molecule is CC(CC(=O)OC(C)c1nc2ncc(Br)cc2[nH]1)NC(=O)C1CCCC1. The summed E-state index contributed by atoms with van der Waals surface area (Å²) < 4.78 is 6.29. The van der Waals surface area contributed by atoms with Gasteiger partial charge in [-0.3, -0.25) is 9.59 Å². The highest BCUT2D eigenvalue weighted by molar-refractivity contribution is 9.10. The number of aromatic amines is 1. The highest BCUT2D eigenvalue weighted by Crippen LogP contribution is 2.25. The molecule has 2 unspecified atom stereocenters.